The molecular formula is C21H24N4O2S. The molecule has 0 radical (unpaired) electrons. The fourth-order valence-corrected chi connectivity index (χ4v) is 2.95. The quantitative estimate of drug-likeness (QED) is 0.444. The Morgan fingerprint density at radius 2 is 2.00 bits per heavy atom. The molecule has 0 amide bonds. The lowest BCUT2D eigenvalue weighted by atomic mass is 10.1. The van der Waals surface area contributed by atoms with Crippen molar-refractivity contribution in [1.82, 2.24) is 14.9 Å². The van der Waals surface area contributed by atoms with Crippen LogP contribution in [0.25, 0.3) is 0 Å². The van der Waals surface area contributed by atoms with Crippen LogP contribution in [-0.4, -0.2) is 27.7 Å². The summed E-state index contributed by atoms with van der Waals surface area (Å²) in [6.45, 7) is 7.06. The van der Waals surface area contributed by atoms with Crippen LogP contribution in [0.2, 0.25) is 0 Å². The summed E-state index contributed by atoms with van der Waals surface area (Å²) in [5.41, 5.74) is 3.22. The van der Waals surface area contributed by atoms with Crippen molar-refractivity contribution in [1.29, 1.82) is 0 Å². The Balaban J connectivity index is 1.79. The van der Waals surface area contributed by atoms with Crippen LogP contribution in [0.4, 0.5) is 0 Å². The van der Waals surface area contributed by atoms with Crippen molar-refractivity contribution >= 4 is 18.4 Å². The summed E-state index contributed by atoms with van der Waals surface area (Å²) < 4.78 is 13.8. The van der Waals surface area contributed by atoms with Gasteiger partial charge in [-0.2, -0.15) is 14.9 Å². The molecule has 0 saturated carbocycles. The number of ether oxygens (including phenoxy) is 2. The Bertz CT molecular complexity index is 1020. The Hall–Kier alpha value is -2.93. The SMILES string of the molecule is CCOc1cc(/C=N\n2c(CC)n[nH]c2=S)ccc1OCc1cccc(C)c1. The molecule has 3 rings (SSSR count). The number of aromatic amines is 1. The van der Waals surface area contributed by atoms with Crippen molar-refractivity contribution in [2.24, 2.45) is 5.10 Å². The molecular weight excluding hydrogens is 372 g/mol. The standard InChI is InChI=1S/C21H24N4O2S/c1-4-20-23-24-21(28)25(20)22-13-16-9-10-18(19(12-16)26-5-2)27-14-17-8-6-7-15(3)11-17/h6-13H,4-5,14H2,1-3H3,(H,24,28)/b22-13-. The number of nitrogens with zero attached hydrogens (tertiary/aromatic N) is 3. The average Bonchev–Trinajstić information content (AvgIpc) is 3.05. The van der Waals surface area contributed by atoms with Gasteiger partial charge in [-0.15, -0.1) is 0 Å². The van der Waals surface area contributed by atoms with Gasteiger partial charge in [0.05, 0.1) is 12.8 Å². The summed E-state index contributed by atoms with van der Waals surface area (Å²) in [4.78, 5) is 0. The molecule has 0 spiro atoms. The van der Waals surface area contributed by atoms with Gasteiger partial charge < -0.3 is 9.47 Å². The van der Waals surface area contributed by atoms with Crippen molar-refractivity contribution in [3.63, 3.8) is 0 Å². The van der Waals surface area contributed by atoms with Crippen LogP contribution in [0, 0.1) is 11.7 Å². The van der Waals surface area contributed by atoms with E-state index in [4.69, 9.17) is 21.7 Å². The molecule has 0 unspecified atom stereocenters. The van der Waals surface area contributed by atoms with Gasteiger partial charge in [0.1, 0.15) is 6.61 Å². The second-order valence-corrected chi connectivity index (χ2v) is 6.66. The Labute approximate surface area is 169 Å². The van der Waals surface area contributed by atoms with Crippen molar-refractivity contribution in [3.05, 3.63) is 69.8 Å². The fraction of sp³-hybridized carbons (Fsp3) is 0.286. The third-order valence-electron chi connectivity index (χ3n) is 4.10. The van der Waals surface area contributed by atoms with E-state index in [1.165, 1.54) is 5.56 Å². The van der Waals surface area contributed by atoms with Crippen molar-refractivity contribution in [2.75, 3.05) is 6.61 Å². The molecule has 0 aliphatic carbocycles. The number of nitrogens with one attached hydrogen (secondary N) is 1. The van der Waals surface area contributed by atoms with Crippen LogP contribution in [0.1, 0.15) is 36.4 Å². The molecule has 2 aromatic carbocycles. The minimum Gasteiger partial charge on any atom is -0.490 e. The topological polar surface area (TPSA) is 64.4 Å². The highest BCUT2D eigenvalue weighted by Crippen LogP contribution is 2.29. The van der Waals surface area contributed by atoms with Crippen molar-refractivity contribution in [3.8, 4) is 11.5 Å². The van der Waals surface area contributed by atoms with Crippen molar-refractivity contribution < 1.29 is 9.47 Å². The number of aryl methyl sites for hydroxylation is 2. The van der Waals surface area contributed by atoms with Crippen LogP contribution in [0.5, 0.6) is 11.5 Å². The zero-order valence-electron chi connectivity index (χ0n) is 16.3. The van der Waals surface area contributed by atoms with Gasteiger partial charge in [-0.05, 0) is 55.4 Å². The Morgan fingerprint density at radius 3 is 2.75 bits per heavy atom. The maximum Gasteiger partial charge on any atom is 0.216 e. The van der Waals surface area contributed by atoms with Crippen LogP contribution >= 0.6 is 12.2 Å². The minimum absolute atomic E-state index is 0.469. The van der Waals surface area contributed by atoms with Gasteiger partial charge in [0.15, 0.2) is 17.3 Å². The maximum absolute atomic E-state index is 5.99. The number of rotatable bonds is 8. The van der Waals surface area contributed by atoms with E-state index in [0.717, 1.165) is 23.4 Å². The van der Waals surface area contributed by atoms with E-state index in [2.05, 4.69) is 34.4 Å². The first kappa shape index (κ1) is 19.8. The number of H-pyrrole nitrogens is 1. The summed E-state index contributed by atoms with van der Waals surface area (Å²) in [5, 5.41) is 11.4. The monoisotopic (exact) mass is 396 g/mol. The molecule has 0 aliphatic heterocycles. The fourth-order valence-electron chi connectivity index (χ4n) is 2.75. The molecule has 0 saturated heterocycles. The number of aromatic nitrogens is 3. The molecule has 0 fully saturated rings. The van der Waals surface area contributed by atoms with E-state index in [1.807, 2.05) is 44.2 Å². The lowest BCUT2D eigenvalue weighted by Gasteiger charge is -2.13. The summed E-state index contributed by atoms with van der Waals surface area (Å²) >= 11 is 5.22. The smallest absolute Gasteiger partial charge is 0.216 e. The highest BCUT2D eigenvalue weighted by molar-refractivity contribution is 7.71. The molecule has 0 bridgehead atoms. The molecule has 3 aromatic rings. The lowest BCUT2D eigenvalue weighted by molar-refractivity contribution is 0.269. The third-order valence-corrected chi connectivity index (χ3v) is 4.36. The largest absolute Gasteiger partial charge is 0.490 e. The molecule has 1 N–H and O–H groups in total. The second-order valence-electron chi connectivity index (χ2n) is 6.27. The van der Waals surface area contributed by atoms with Crippen LogP contribution in [0.3, 0.4) is 0 Å². The molecule has 0 aliphatic rings. The van der Waals surface area contributed by atoms with Gasteiger partial charge >= 0.3 is 0 Å². The van der Waals surface area contributed by atoms with Crippen LogP contribution < -0.4 is 9.47 Å². The molecule has 1 heterocycles. The van der Waals surface area contributed by atoms with Gasteiger partial charge in [-0.1, -0.05) is 36.8 Å². The molecule has 1 aromatic heterocycles. The molecule has 146 valence electrons. The van der Waals surface area contributed by atoms with Crippen LogP contribution in [-0.2, 0) is 13.0 Å². The molecule has 6 nitrogen and oxygen atoms in total. The predicted octanol–water partition coefficient (Wildman–Crippen LogP) is 4.67. The first-order valence-electron chi connectivity index (χ1n) is 9.26. The van der Waals surface area contributed by atoms with E-state index in [0.29, 0.717) is 29.5 Å². The predicted molar refractivity (Wildman–Crippen MR) is 113 cm³/mol. The van der Waals surface area contributed by atoms with E-state index >= 15 is 0 Å². The van der Waals surface area contributed by atoms with E-state index < -0.39 is 0 Å². The Kier molecular flexibility index (Phi) is 6.60. The summed E-state index contributed by atoms with van der Waals surface area (Å²) in [5.74, 6) is 2.17. The van der Waals surface area contributed by atoms with E-state index in [9.17, 15) is 0 Å². The van der Waals surface area contributed by atoms with Crippen molar-refractivity contribution in [2.45, 2.75) is 33.8 Å². The Morgan fingerprint density at radius 1 is 1.14 bits per heavy atom. The summed E-state index contributed by atoms with van der Waals surface area (Å²) in [6.07, 6.45) is 2.47. The number of hydrogen-bond acceptors (Lipinski definition) is 5. The van der Waals surface area contributed by atoms with Crippen LogP contribution in [0.15, 0.2) is 47.6 Å². The first-order chi connectivity index (χ1) is 13.6. The van der Waals surface area contributed by atoms with Gasteiger partial charge in [-0.25, -0.2) is 0 Å². The average molecular weight is 397 g/mol. The zero-order valence-corrected chi connectivity index (χ0v) is 17.1. The molecule has 7 heteroatoms. The minimum atomic E-state index is 0.469. The molecule has 0 atom stereocenters. The molecule has 28 heavy (non-hydrogen) atoms. The summed E-state index contributed by atoms with van der Waals surface area (Å²) in [7, 11) is 0. The number of hydrogen-bond donors (Lipinski definition) is 1. The second kappa shape index (κ2) is 9.32. The van der Waals surface area contributed by atoms with E-state index in [-0.39, 0.29) is 0 Å². The van der Waals surface area contributed by atoms with Gasteiger partial charge in [0.2, 0.25) is 4.77 Å². The third kappa shape index (κ3) is 4.86. The normalized spacial score (nSPS) is 11.1. The number of benzene rings is 2. The van der Waals surface area contributed by atoms with Gasteiger partial charge in [0, 0.05) is 6.42 Å². The first-order valence-corrected chi connectivity index (χ1v) is 9.67. The highest BCUT2D eigenvalue weighted by atomic mass is 32.1. The zero-order chi connectivity index (χ0) is 19.9. The van der Waals surface area contributed by atoms with E-state index in [1.54, 1.807) is 10.9 Å². The summed E-state index contributed by atoms with van der Waals surface area (Å²) in [6, 6.07) is 14.0. The highest BCUT2D eigenvalue weighted by Gasteiger charge is 2.07. The van der Waals surface area contributed by atoms with Gasteiger partial charge in [0.25, 0.3) is 0 Å². The lowest BCUT2D eigenvalue weighted by Crippen LogP contribution is -2.01. The maximum atomic E-state index is 5.99. The van der Waals surface area contributed by atoms with Gasteiger partial charge in [-0.3, -0.25) is 5.10 Å².